The molecule has 0 aliphatic rings. The maximum atomic E-state index is 12.9. The Kier molecular flexibility index (Phi) is 9.28. The van der Waals surface area contributed by atoms with Crippen LogP contribution >= 0.6 is 15.9 Å². The number of ether oxygens (including phenoxy) is 2. The van der Waals surface area contributed by atoms with Crippen LogP contribution in [0.2, 0.25) is 0 Å². The molecule has 0 saturated carbocycles. The summed E-state index contributed by atoms with van der Waals surface area (Å²) in [5.41, 5.74) is 3.87. The minimum absolute atomic E-state index is 0.00916. The molecule has 4 aromatic rings. The molecular formula is C31H24BrN3O5. The summed E-state index contributed by atoms with van der Waals surface area (Å²) in [6.45, 7) is 2.60. The molecule has 0 heterocycles. The van der Waals surface area contributed by atoms with Gasteiger partial charge in [-0.25, -0.2) is 0 Å². The number of carbonyl (C=O) groups is 1. The Labute approximate surface area is 239 Å². The van der Waals surface area contributed by atoms with E-state index in [1.165, 1.54) is 23.8 Å². The number of nitrogens with zero attached hydrogens (tertiary/aromatic N) is 2. The molecule has 8 nitrogen and oxygen atoms in total. The summed E-state index contributed by atoms with van der Waals surface area (Å²) in [7, 11) is 0. The zero-order valence-corrected chi connectivity index (χ0v) is 23.1. The number of rotatable bonds is 10. The second-order valence-electron chi connectivity index (χ2n) is 8.82. The molecule has 1 amide bonds. The summed E-state index contributed by atoms with van der Waals surface area (Å²) in [6, 6.07) is 28.2. The highest BCUT2D eigenvalue weighted by Gasteiger charge is 2.13. The molecule has 0 spiro atoms. The quantitative estimate of drug-likeness (QED) is 0.0883. The Morgan fingerprint density at radius 3 is 2.20 bits per heavy atom. The van der Waals surface area contributed by atoms with Crippen molar-refractivity contribution in [3.63, 3.8) is 0 Å². The summed E-state index contributed by atoms with van der Waals surface area (Å²) >= 11 is 3.41. The van der Waals surface area contributed by atoms with Crippen molar-refractivity contribution in [2.75, 3.05) is 5.32 Å². The van der Waals surface area contributed by atoms with Gasteiger partial charge in [-0.1, -0.05) is 45.8 Å². The Morgan fingerprint density at radius 2 is 1.57 bits per heavy atom. The smallest absolute Gasteiger partial charge is 0.269 e. The molecule has 1 N–H and O–H groups in total. The molecule has 200 valence electrons. The molecule has 0 aliphatic heterocycles. The average molecular weight is 598 g/mol. The largest absolute Gasteiger partial charge is 0.489 e. The fourth-order valence-corrected chi connectivity index (χ4v) is 4.01. The monoisotopic (exact) mass is 597 g/mol. The van der Waals surface area contributed by atoms with Crippen molar-refractivity contribution < 1.29 is 19.2 Å². The number of nitrogens with one attached hydrogen (secondary N) is 1. The van der Waals surface area contributed by atoms with Gasteiger partial charge >= 0.3 is 0 Å². The van der Waals surface area contributed by atoms with Crippen LogP contribution in [0, 0.1) is 28.4 Å². The molecule has 9 heteroatoms. The number of hydrogen-bond donors (Lipinski definition) is 1. The van der Waals surface area contributed by atoms with Crippen LogP contribution in [-0.2, 0) is 18.0 Å². The highest BCUT2D eigenvalue weighted by Crippen LogP contribution is 2.27. The lowest BCUT2D eigenvalue weighted by atomic mass is 10.1. The second kappa shape index (κ2) is 13.2. The first-order valence-electron chi connectivity index (χ1n) is 12.2. The van der Waals surface area contributed by atoms with Crippen molar-refractivity contribution in [3.05, 3.63) is 133 Å². The Bertz CT molecular complexity index is 1580. The maximum Gasteiger partial charge on any atom is 0.269 e. The van der Waals surface area contributed by atoms with Crippen LogP contribution in [0.1, 0.15) is 22.3 Å². The molecule has 0 saturated heterocycles. The van der Waals surface area contributed by atoms with Crippen molar-refractivity contribution in [2.45, 2.75) is 20.1 Å². The number of halogens is 1. The highest BCUT2D eigenvalue weighted by atomic mass is 79.9. The first kappa shape index (κ1) is 28.1. The SMILES string of the molecule is Cc1ccc(COc2ccc(NC(=O)/C(C#N)=C/c3cc(Br)ccc3OCc3ccc([N+](=O)[O-])cc3)cc2)cc1. The van der Waals surface area contributed by atoms with E-state index in [0.29, 0.717) is 29.4 Å². The predicted molar refractivity (Wildman–Crippen MR) is 156 cm³/mol. The third-order valence-corrected chi connectivity index (χ3v) is 6.31. The highest BCUT2D eigenvalue weighted by molar-refractivity contribution is 9.10. The molecule has 0 aliphatic carbocycles. The minimum Gasteiger partial charge on any atom is -0.489 e. The molecule has 40 heavy (non-hydrogen) atoms. The number of nitriles is 1. The van der Waals surface area contributed by atoms with Gasteiger partial charge < -0.3 is 14.8 Å². The van der Waals surface area contributed by atoms with Gasteiger partial charge in [-0.3, -0.25) is 14.9 Å². The van der Waals surface area contributed by atoms with E-state index < -0.39 is 10.8 Å². The van der Waals surface area contributed by atoms with Crippen LogP contribution in [0.15, 0.2) is 101 Å². The number of nitro groups is 1. The lowest BCUT2D eigenvalue weighted by Crippen LogP contribution is -2.13. The van der Waals surface area contributed by atoms with Crippen molar-refractivity contribution >= 4 is 39.3 Å². The Morgan fingerprint density at radius 1 is 0.950 bits per heavy atom. The van der Waals surface area contributed by atoms with E-state index in [0.717, 1.165) is 15.6 Å². The Hall–Kier alpha value is -4.94. The van der Waals surface area contributed by atoms with Crippen LogP contribution in [0.25, 0.3) is 6.08 Å². The minimum atomic E-state index is -0.572. The van der Waals surface area contributed by atoms with Gasteiger partial charge in [0.25, 0.3) is 11.6 Å². The number of carbonyl (C=O) groups excluding carboxylic acids is 1. The van der Waals surface area contributed by atoms with Gasteiger partial charge in [-0.2, -0.15) is 5.26 Å². The van der Waals surface area contributed by atoms with Crippen LogP contribution in [0.4, 0.5) is 11.4 Å². The van der Waals surface area contributed by atoms with Gasteiger partial charge in [-0.15, -0.1) is 0 Å². The molecule has 0 unspecified atom stereocenters. The van der Waals surface area contributed by atoms with Crippen LogP contribution in [-0.4, -0.2) is 10.8 Å². The van der Waals surface area contributed by atoms with Gasteiger partial charge in [0.1, 0.15) is 36.4 Å². The lowest BCUT2D eigenvalue weighted by molar-refractivity contribution is -0.384. The number of benzene rings is 4. The number of non-ortho nitro benzene ring substituents is 1. The van der Waals surface area contributed by atoms with Gasteiger partial charge in [0.15, 0.2) is 0 Å². The Balaban J connectivity index is 1.41. The number of amides is 1. The van der Waals surface area contributed by atoms with E-state index in [-0.39, 0.29) is 17.9 Å². The van der Waals surface area contributed by atoms with E-state index in [2.05, 4.69) is 21.2 Å². The zero-order chi connectivity index (χ0) is 28.5. The lowest BCUT2D eigenvalue weighted by Gasteiger charge is -2.11. The first-order chi connectivity index (χ1) is 19.3. The number of hydrogen-bond acceptors (Lipinski definition) is 6. The standard InChI is InChI=1S/C31H24BrN3O5/c1-21-2-4-22(5-3-21)19-39-29-13-9-27(10-14-29)34-31(36)25(18-33)16-24-17-26(32)8-15-30(24)40-20-23-6-11-28(12-7-23)35(37)38/h2-17H,19-20H2,1H3,(H,34,36)/b25-16+. The zero-order valence-electron chi connectivity index (χ0n) is 21.5. The fourth-order valence-electron chi connectivity index (χ4n) is 3.63. The van der Waals surface area contributed by atoms with E-state index in [9.17, 15) is 20.2 Å². The van der Waals surface area contributed by atoms with Crippen LogP contribution < -0.4 is 14.8 Å². The van der Waals surface area contributed by atoms with Crippen molar-refractivity contribution in [2.24, 2.45) is 0 Å². The summed E-state index contributed by atoms with van der Waals surface area (Å²) in [4.78, 5) is 23.3. The summed E-state index contributed by atoms with van der Waals surface area (Å²) < 4.78 is 12.5. The van der Waals surface area contributed by atoms with E-state index >= 15 is 0 Å². The van der Waals surface area contributed by atoms with E-state index in [1.54, 1.807) is 54.6 Å². The van der Waals surface area contributed by atoms with E-state index in [4.69, 9.17) is 9.47 Å². The topological polar surface area (TPSA) is 114 Å². The molecule has 0 radical (unpaired) electrons. The van der Waals surface area contributed by atoms with Gasteiger partial charge in [-0.05, 0) is 78.7 Å². The van der Waals surface area contributed by atoms with Gasteiger partial charge in [0.05, 0.1) is 4.92 Å². The third-order valence-electron chi connectivity index (χ3n) is 5.82. The molecule has 0 fully saturated rings. The normalized spacial score (nSPS) is 10.9. The first-order valence-corrected chi connectivity index (χ1v) is 13.0. The predicted octanol–water partition coefficient (Wildman–Crippen LogP) is 7.37. The average Bonchev–Trinajstić information content (AvgIpc) is 2.96. The molecular weight excluding hydrogens is 574 g/mol. The van der Waals surface area contributed by atoms with Crippen LogP contribution in [0.5, 0.6) is 11.5 Å². The molecule has 0 aromatic heterocycles. The molecule has 0 bridgehead atoms. The third kappa shape index (κ3) is 7.79. The summed E-state index contributed by atoms with van der Waals surface area (Å²) in [6.07, 6.45) is 1.45. The van der Waals surface area contributed by atoms with Gasteiger partial charge in [0, 0.05) is 27.9 Å². The number of anilines is 1. The maximum absolute atomic E-state index is 12.9. The second-order valence-corrected chi connectivity index (χ2v) is 9.73. The van der Waals surface area contributed by atoms with Crippen molar-refractivity contribution in [1.29, 1.82) is 5.26 Å². The van der Waals surface area contributed by atoms with Crippen molar-refractivity contribution in [3.8, 4) is 17.6 Å². The van der Waals surface area contributed by atoms with Crippen molar-refractivity contribution in [1.82, 2.24) is 0 Å². The van der Waals surface area contributed by atoms with Crippen LogP contribution in [0.3, 0.4) is 0 Å². The molecule has 4 aromatic carbocycles. The molecule has 4 rings (SSSR count). The van der Waals surface area contributed by atoms with E-state index in [1.807, 2.05) is 37.3 Å². The van der Waals surface area contributed by atoms with Gasteiger partial charge in [0.2, 0.25) is 0 Å². The summed E-state index contributed by atoms with van der Waals surface area (Å²) in [5.74, 6) is 0.521. The fraction of sp³-hybridized carbons (Fsp3) is 0.0968. The molecule has 0 atom stereocenters. The number of nitro benzene ring substituents is 1. The number of aryl methyl sites for hydroxylation is 1. The summed E-state index contributed by atoms with van der Waals surface area (Å²) in [5, 5.41) is 23.3.